The van der Waals surface area contributed by atoms with E-state index in [1.807, 2.05) is 93.3 Å². The van der Waals surface area contributed by atoms with E-state index in [4.69, 9.17) is 20.6 Å². The molecule has 5 atom stereocenters. The molecule has 59 heavy (non-hydrogen) atoms. The van der Waals surface area contributed by atoms with Crippen LogP contribution in [0.2, 0.25) is 0 Å². The van der Waals surface area contributed by atoms with Gasteiger partial charge < -0.3 is 35.5 Å². The van der Waals surface area contributed by atoms with Crippen molar-refractivity contribution in [3.8, 4) is 12.3 Å². The van der Waals surface area contributed by atoms with E-state index in [-0.39, 0.29) is 63.0 Å². The minimum Gasteiger partial charge on any atom is -0.421 e. The molecule has 0 radical (unpaired) electrons. The molecule has 1 aliphatic heterocycles. The van der Waals surface area contributed by atoms with Crippen molar-refractivity contribution in [3.63, 3.8) is 0 Å². The van der Waals surface area contributed by atoms with Crippen LogP contribution in [0.5, 0.6) is 0 Å². The number of carbonyl (C=O) groups excluding carboxylic acids is 6. The number of ether oxygens (including phenoxy) is 3. The molecule has 14 nitrogen and oxygen atoms in total. The smallest absolute Gasteiger partial charge is 0.421 e. The molecule has 1 heterocycles. The van der Waals surface area contributed by atoms with Gasteiger partial charge in [0.1, 0.15) is 18.1 Å². The van der Waals surface area contributed by atoms with E-state index >= 15 is 0 Å². The van der Waals surface area contributed by atoms with E-state index in [0.29, 0.717) is 32.7 Å². The van der Waals surface area contributed by atoms with Crippen LogP contribution in [-0.2, 0) is 51.0 Å². The quantitative estimate of drug-likeness (QED) is 0.0953. The monoisotopic (exact) mass is 817 g/mol. The van der Waals surface area contributed by atoms with Gasteiger partial charge in [0.2, 0.25) is 23.6 Å². The van der Waals surface area contributed by atoms with Crippen LogP contribution in [0, 0.1) is 24.2 Å². The topological polar surface area (TPSA) is 181 Å². The van der Waals surface area contributed by atoms with Crippen LogP contribution in [0.15, 0.2) is 60.7 Å². The molecule has 1 aliphatic rings. The fraction of sp³-hybridized carbons (Fsp3) is 0.556. The lowest BCUT2D eigenvalue weighted by atomic mass is 9.87. The maximum atomic E-state index is 14.3. The first-order chi connectivity index (χ1) is 28.1. The Morgan fingerprint density at radius 1 is 0.763 bits per heavy atom. The zero-order valence-electron chi connectivity index (χ0n) is 35.4. The highest BCUT2D eigenvalue weighted by Gasteiger charge is 2.42. The second-order valence-corrected chi connectivity index (χ2v) is 16.0. The first-order valence-electron chi connectivity index (χ1n) is 20.6. The summed E-state index contributed by atoms with van der Waals surface area (Å²) in [6.07, 6.45) is 5.48. The van der Waals surface area contributed by atoms with Gasteiger partial charge in [-0.3, -0.25) is 28.9 Å². The highest BCUT2D eigenvalue weighted by atomic mass is 16.7. The second-order valence-electron chi connectivity index (χ2n) is 16.0. The van der Waals surface area contributed by atoms with Crippen LogP contribution in [0.4, 0.5) is 4.79 Å². The Balaban J connectivity index is 1.87. The number of amides is 4. The summed E-state index contributed by atoms with van der Waals surface area (Å²) in [5, 5.41) is 11.5. The molecule has 0 aliphatic carbocycles. The zero-order valence-corrected chi connectivity index (χ0v) is 35.4. The molecular formula is C45H63N5O9. The van der Waals surface area contributed by atoms with Crippen molar-refractivity contribution in [2.45, 2.75) is 110 Å². The van der Waals surface area contributed by atoms with Crippen molar-refractivity contribution in [2.75, 3.05) is 39.5 Å². The normalized spacial score (nSPS) is 16.0. The maximum Gasteiger partial charge on any atom is 0.510 e. The van der Waals surface area contributed by atoms with Gasteiger partial charge in [-0.05, 0) is 62.0 Å². The minimum absolute atomic E-state index is 0.0433. The first kappa shape index (κ1) is 48.1. The van der Waals surface area contributed by atoms with Gasteiger partial charge in [-0.25, -0.2) is 4.79 Å². The third-order valence-electron chi connectivity index (χ3n) is 10.1. The molecule has 322 valence electrons. The summed E-state index contributed by atoms with van der Waals surface area (Å²) in [4.78, 5) is 84.2. The number of hydrogen-bond acceptors (Lipinski definition) is 10. The molecule has 3 rings (SSSR count). The zero-order chi connectivity index (χ0) is 43.4. The Bertz CT molecular complexity index is 1710. The third kappa shape index (κ3) is 16.9. The number of hydrogen-bond donors (Lipinski definition) is 4. The van der Waals surface area contributed by atoms with E-state index < -0.39 is 59.4 Å². The van der Waals surface area contributed by atoms with Gasteiger partial charge in [-0.15, -0.1) is 6.42 Å². The predicted molar refractivity (Wildman–Crippen MR) is 224 cm³/mol. The summed E-state index contributed by atoms with van der Waals surface area (Å²) in [7, 11) is 0. The Morgan fingerprint density at radius 3 is 1.86 bits per heavy atom. The van der Waals surface area contributed by atoms with Crippen molar-refractivity contribution in [2.24, 2.45) is 11.8 Å². The molecule has 1 fully saturated rings. The van der Waals surface area contributed by atoms with E-state index in [0.717, 1.165) is 11.1 Å². The van der Waals surface area contributed by atoms with Gasteiger partial charge in [-0.1, -0.05) is 101 Å². The number of carbonyl (C=O) groups is 6. The van der Waals surface area contributed by atoms with Gasteiger partial charge in [-0.2, -0.15) is 0 Å². The van der Waals surface area contributed by atoms with Crippen molar-refractivity contribution in [3.05, 3.63) is 71.8 Å². The molecule has 0 saturated carbocycles. The molecule has 4 N–H and O–H groups in total. The van der Waals surface area contributed by atoms with E-state index in [1.165, 1.54) is 6.92 Å². The average Bonchev–Trinajstić information content (AvgIpc) is 3.21. The predicted octanol–water partition coefficient (Wildman–Crippen LogP) is 3.75. The number of benzene rings is 2. The molecule has 14 heteroatoms. The van der Waals surface area contributed by atoms with Crippen molar-refractivity contribution >= 4 is 35.6 Å². The first-order valence-corrected chi connectivity index (χ1v) is 20.6. The number of Topliss-reactive ketones (excluding diaryl/α,β-unsaturated/α-hetero) is 1. The average molecular weight is 818 g/mol. The molecule has 0 spiro atoms. The minimum atomic E-state index is -1.65. The number of terminal acetylenes is 1. The van der Waals surface area contributed by atoms with Crippen LogP contribution < -0.4 is 21.3 Å². The number of nitrogens with zero attached hydrogens (tertiary/aromatic N) is 1. The van der Waals surface area contributed by atoms with Gasteiger partial charge in [0.05, 0.1) is 25.8 Å². The van der Waals surface area contributed by atoms with E-state index in [9.17, 15) is 28.8 Å². The van der Waals surface area contributed by atoms with Crippen molar-refractivity contribution in [1.82, 2.24) is 26.2 Å². The van der Waals surface area contributed by atoms with Crippen LogP contribution in [0.1, 0.15) is 78.4 Å². The summed E-state index contributed by atoms with van der Waals surface area (Å²) in [6.45, 7) is 12.7. The van der Waals surface area contributed by atoms with Crippen LogP contribution in [0.3, 0.4) is 0 Å². The number of rotatable bonds is 23. The lowest BCUT2D eigenvalue weighted by Gasteiger charge is -2.32. The summed E-state index contributed by atoms with van der Waals surface area (Å²) in [5.41, 5.74) is 0.0757. The molecular weight excluding hydrogens is 755 g/mol. The van der Waals surface area contributed by atoms with E-state index in [1.54, 1.807) is 6.92 Å². The SMILES string of the molecule is C#CCOC(=O)O[C@](C)(CC)C(=O)[C@H](CC(C)C)NC(=O)[C@H](Cc1ccccc1)NC(=O)[C@H](CC(C)C)NC(=O)[C@H](CCc1ccccc1)NC(=O)CN1CCOCC1. The maximum absolute atomic E-state index is 14.3. The van der Waals surface area contributed by atoms with Crippen molar-refractivity contribution in [1.29, 1.82) is 0 Å². The van der Waals surface area contributed by atoms with Crippen LogP contribution in [-0.4, -0.2) is 110 Å². The summed E-state index contributed by atoms with van der Waals surface area (Å²) >= 11 is 0. The molecule has 2 aromatic carbocycles. The number of ketones is 1. The van der Waals surface area contributed by atoms with Gasteiger partial charge in [0.25, 0.3) is 0 Å². The van der Waals surface area contributed by atoms with Crippen LogP contribution in [0.25, 0.3) is 0 Å². The number of morpholine rings is 1. The lowest BCUT2D eigenvalue weighted by Crippen LogP contribution is -2.60. The lowest BCUT2D eigenvalue weighted by molar-refractivity contribution is -0.143. The summed E-state index contributed by atoms with van der Waals surface area (Å²) in [5.74, 6) is -0.557. The molecule has 2 aromatic rings. The Morgan fingerprint density at radius 2 is 1.29 bits per heavy atom. The highest BCUT2D eigenvalue weighted by Crippen LogP contribution is 2.23. The van der Waals surface area contributed by atoms with Crippen molar-refractivity contribution < 1.29 is 43.0 Å². The third-order valence-corrected chi connectivity index (χ3v) is 10.1. The number of aryl methyl sites for hydroxylation is 1. The largest absolute Gasteiger partial charge is 0.510 e. The standard InChI is InChI=1S/C45H63N5O9/c1-8-24-58-44(56)59-45(7,9-2)40(52)36(27-31(3)4)47-43(55)38(29-34-18-14-11-15-19-34)49-42(54)37(28-32(5)6)48-41(53)35(21-20-33-16-12-10-13-17-33)46-39(51)30-50-22-25-57-26-23-50/h1,10-19,31-32,35-38H,9,20-30H2,2-7H3,(H,46,51)(H,47,55)(H,48,53)(H,49,54)/t35-,36-,37-,38-,45+/m0/s1. The fourth-order valence-corrected chi connectivity index (χ4v) is 6.69. The molecule has 0 aromatic heterocycles. The Hall–Kier alpha value is -5.26. The van der Waals surface area contributed by atoms with Gasteiger partial charge >= 0.3 is 6.16 Å². The second kappa shape index (κ2) is 24.6. The Labute approximate surface area is 349 Å². The fourth-order valence-electron chi connectivity index (χ4n) is 6.69. The molecule has 4 amide bonds. The molecule has 1 saturated heterocycles. The summed E-state index contributed by atoms with van der Waals surface area (Å²) in [6, 6.07) is 14.4. The summed E-state index contributed by atoms with van der Waals surface area (Å²) < 4.78 is 15.7. The van der Waals surface area contributed by atoms with E-state index in [2.05, 4.69) is 27.2 Å². The molecule has 0 bridgehead atoms. The van der Waals surface area contributed by atoms with Gasteiger partial charge in [0.15, 0.2) is 18.0 Å². The molecule has 0 unspecified atom stereocenters. The number of nitrogens with one attached hydrogen (secondary N) is 4. The van der Waals surface area contributed by atoms with Gasteiger partial charge in [0, 0.05) is 19.5 Å². The Kier molecular flexibility index (Phi) is 20.1. The van der Waals surface area contributed by atoms with Crippen LogP contribution >= 0.6 is 0 Å². The highest BCUT2D eigenvalue weighted by molar-refractivity contribution is 5.98.